The highest BCUT2D eigenvalue weighted by Crippen LogP contribution is 2.37. The number of fused-ring (bicyclic) bond motifs is 3. The van der Waals surface area contributed by atoms with Crippen molar-refractivity contribution in [2.75, 3.05) is 7.11 Å². The number of pyridine rings is 3. The molecule has 3 N–H and O–H groups in total. The molecule has 0 aliphatic rings. The first-order valence-electron chi connectivity index (χ1n) is 24.6. The van der Waals surface area contributed by atoms with Crippen LogP contribution in [0, 0.1) is 27.7 Å². The first kappa shape index (κ1) is 57.3. The molecule has 78 heavy (non-hydrogen) atoms. The molecule has 0 amide bonds. The van der Waals surface area contributed by atoms with Crippen molar-refractivity contribution in [1.29, 1.82) is 0 Å². The van der Waals surface area contributed by atoms with Crippen LogP contribution in [-0.2, 0) is 24.0 Å². The number of para-hydroxylation sites is 2. The van der Waals surface area contributed by atoms with Crippen LogP contribution in [-0.4, -0.2) is 72.3 Å². The van der Waals surface area contributed by atoms with Crippen LogP contribution < -0.4 is 0 Å². The Balaban J connectivity index is 0.000000167. The summed E-state index contributed by atoms with van der Waals surface area (Å²) in [4.78, 5) is 35.3. The van der Waals surface area contributed by atoms with Crippen molar-refractivity contribution in [2.24, 2.45) is 0 Å². The largest absolute Gasteiger partial charge is 0.372 e. The van der Waals surface area contributed by atoms with Crippen LogP contribution in [0.5, 0.6) is 0 Å². The molecule has 0 aliphatic carbocycles. The normalized spacial score (nSPS) is 11.2. The second-order valence-electron chi connectivity index (χ2n) is 18.1. The van der Waals surface area contributed by atoms with Gasteiger partial charge < -0.3 is 19.7 Å². The van der Waals surface area contributed by atoms with Crippen molar-refractivity contribution < 1.29 is 9.53 Å². The van der Waals surface area contributed by atoms with Gasteiger partial charge in [0.15, 0.2) is 0 Å². The summed E-state index contributed by atoms with van der Waals surface area (Å²) in [6.45, 7) is 7.88. The van der Waals surface area contributed by atoms with Gasteiger partial charge in [-0.15, -0.1) is 0 Å². The van der Waals surface area contributed by atoms with E-state index in [0.29, 0.717) is 16.7 Å². The summed E-state index contributed by atoms with van der Waals surface area (Å²) in [6, 6.07) is 41.8. The van der Waals surface area contributed by atoms with Gasteiger partial charge in [0.05, 0.1) is 28.5 Å². The maximum absolute atomic E-state index is 12.7. The third kappa shape index (κ3) is 11.9. The zero-order valence-corrected chi connectivity index (χ0v) is 43.6. The number of methoxy groups -OCH3 is 1. The maximum Gasteiger partial charge on any atom is 0.247 e. The van der Waals surface area contributed by atoms with Crippen LogP contribution in [0.25, 0.3) is 44.5 Å². The fourth-order valence-corrected chi connectivity index (χ4v) is 10.2. The SMILES string of the molecule is C.C.C.COC(c1c(C)nn(-c2ccccc2)c1Cl)c1c[nH]c2ncccc12.Cc1nn(-c2ccccc2)c(Cl)c1Cc1c[nH]c2ncccc12.Cc1nn(C(=O)CCc2ccccc2)c(C)c1Cc1c[nH]c2ncccc12. The highest BCUT2D eigenvalue weighted by Gasteiger charge is 2.27. The molecule has 0 spiro atoms. The van der Waals surface area contributed by atoms with Gasteiger partial charge in [0.1, 0.15) is 33.4 Å². The minimum absolute atomic E-state index is 0. The molecular weight excluding hydrogens is 1020 g/mol. The Morgan fingerprint density at radius 2 is 1.01 bits per heavy atom. The van der Waals surface area contributed by atoms with Crippen LogP contribution in [0.3, 0.4) is 0 Å². The molecule has 400 valence electrons. The van der Waals surface area contributed by atoms with Crippen molar-refractivity contribution in [3.05, 3.63) is 237 Å². The number of carbonyl (C=O) groups is 1. The zero-order valence-electron chi connectivity index (χ0n) is 42.1. The number of hydrogen-bond acceptors (Lipinski definition) is 8. The fourth-order valence-electron chi connectivity index (χ4n) is 9.49. The Morgan fingerprint density at radius 3 is 1.56 bits per heavy atom. The minimum Gasteiger partial charge on any atom is -0.372 e. The summed E-state index contributed by atoms with van der Waals surface area (Å²) in [5.41, 5.74) is 15.6. The molecule has 12 rings (SSSR count). The lowest BCUT2D eigenvalue weighted by Crippen LogP contribution is -2.15. The number of aromatic nitrogens is 12. The molecule has 14 nitrogen and oxygen atoms in total. The number of ether oxygens (including phenoxy) is 1. The Kier molecular flexibility index (Phi) is 18.8. The molecule has 0 radical (unpaired) electrons. The Hall–Kier alpha value is -8.43. The molecule has 0 saturated carbocycles. The topological polar surface area (TPSA) is 166 Å². The van der Waals surface area contributed by atoms with Crippen molar-refractivity contribution >= 4 is 62.2 Å². The smallest absolute Gasteiger partial charge is 0.247 e. The van der Waals surface area contributed by atoms with E-state index in [1.807, 2.05) is 162 Å². The first-order chi connectivity index (χ1) is 36.6. The number of H-pyrrole nitrogens is 3. The predicted octanol–water partition coefficient (Wildman–Crippen LogP) is 14.9. The molecule has 0 bridgehead atoms. The monoisotopic (exact) mass is 1080 g/mol. The van der Waals surface area contributed by atoms with Gasteiger partial charge >= 0.3 is 0 Å². The standard InChI is InChI=1S/C22H22N4O.C19H17ClN4O.C18H15ClN4.3CH4/c1-15-20(13-18-14-24-22-19(18)9-6-12-23-22)16(2)26(25-15)21(27)11-10-17-7-4-3-5-8-17;1-12-16(18(20)24(23-12)13-7-4-3-5-8-13)17(25-2)15-11-22-19-14(15)9-6-10-21-19;1-12-16(10-13-11-21-18-15(13)8-5-9-20-18)17(19)23(22-12)14-6-3-2-4-7-14;;;/h3-9,12,14H,10-11,13H2,1-2H3,(H,23,24);3-11,17H,1-2H3,(H,21,22);2-9,11H,10H2,1H3,(H,20,21);3*1H4. The maximum atomic E-state index is 12.7. The lowest BCUT2D eigenvalue weighted by molar-refractivity contribution is 0.0884. The van der Waals surface area contributed by atoms with Crippen LogP contribution in [0.2, 0.25) is 10.3 Å². The third-order valence-electron chi connectivity index (χ3n) is 13.4. The second kappa shape index (κ2) is 25.6. The number of nitrogens with one attached hydrogen (secondary N) is 3. The van der Waals surface area contributed by atoms with Crippen LogP contribution in [0.4, 0.5) is 0 Å². The number of aromatic amines is 3. The summed E-state index contributed by atoms with van der Waals surface area (Å²) in [5.74, 6) is 0.0336. The van der Waals surface area contributed by atoms with Crippen LogP contribution in [0.1, 0.15) is 101 Å². The molecule has 0 aliphatic heterocycles. The minimum atomic E-state index is -0.331. The number of halogens is 2. The van der Waals surface area contributed by atoms with Gasteiger partial charge in [0, 0.05) is 108 Å². The summed E-state index contributed by atoms with van der Waals surface area (Å²) in [5, 5.41) is 18.2. The molecule has 16 heteroatoms. The number of aryl methyl sites for hydroxylation is 4. The van der Waals surface area contributed by atoms with Gasteiger partial charge in [0.25, 0.3) is 0 Å². The molecule has 1 atom stereocenters. The van der Waals surface area contributed by atoms with Crippen LogP contribution in [0.15, 0.2) is 165 Å². The molecule has 3 aromatic carbocycles. The number of hydrogen-bond donors (Lipinski definition) is 3. The summed E-state index contributed by atoms with van der Waals surface area (Å²) in [7, 11) is 1.68. The first-order valence-corrected chi connectivity index (χ1v) is 25.3. The Morgan fingerprint density at radius 1 is 0.551 bits per heavy atom. The van der Waals surface area contributed by atoms with Gasteiger partial charge in [-0.2, -0.15) is 15.3 Å². The van der Waals surface area contributed by atoms with Gasteiger partial charge in [-0.1, -0.05) is 112 Å². The average Bonchev–Trinajstić information content (AvgIpc) is 4.32. The van der Waals surface area contributed by atoms with Gasteiger partial charge in [-0.3, -0.25) is 4.79 Å². The average molecular weight is 1080 g/mol. The molecule has 0 fully saturated rings. The predicted molar refractivity (Wildman–Crippen MR) is 317 cm³/mol. The molecular formula is C62H66Cl2N12O2. The Labute approximate surface area is 465 Å². The summed E-state index contributed by atoms with van der Waals surface area (Å²) in [6.07, 6.45) is 13.5. The van der Waals surface area contributed by atoms with E-state index in [0.717, 1.165) is 109 Å². The lowest BCUT2D eigenvalue weighted by atomic mass is 10.0. The number of rotatable bonds is 12. The highest BCUT2D eigenvalue weighted by atomic mass is 35.5. The summed E-state index contributed by atoms with van der Waals surface area (Å²) >= 11 is 13.3. The van der Waals surface area contributed by atoms with Crippen molar-refractivity contribution in [3.63, 3.8) is 0 Å². The molecule has 9 aromatic heterocycles. The van der Waals surface area contributed by atoms with E-state index in [-0.39, 0.29) is 34.3 Å². The van der Waals surface area contributed by atoms with Gasteiger partial charge in [0.2, 0.25) is 5.91 Å². The quantitative estimate of drug-likeness (QED) is 0.109. The lowest BCUT2D eigenvalue weighted by Gasteiger charge is -2.15. The number of carbonyl (C=O) groups excluding carboxylic acids is 1. The van der Waals surface area contributed by atoms with Crippen molar-refractivity contribution in [2.45, 2.75) is 81.8 Å². The summed E-state index contributed by atoms with van der Waals surface area (Å²) < 4.78 is 10.9. The van der Waals surface area contributed by atoms with E-state index in [9.17, 15) is 4.79 Å². The molecule has 1 unspecified atom stereocenters. The molecule has 12 aromatic rings. The second-order valence-corrected chi connectivity index (χ2v) is 18.8. The van der Waals surface area contributed by atoms with Gasteiger partial charge in [-0.25, -0.2) is 29.0 Å². The third-order valence-corrected chi connectivity index (χ3v) is 14.1. The fraction of sp³-hybridized carbons (Fsp3) is 0.210. The zero-order chi connectivity index (χ0) is 52.0. The van der Waals surface area contributed by atoms with Gasteiger partial charge in [-0.05, 0) is 111 Å². The van der Waals surface area contributed by atoms with E-state index in [2.05, 4.69) is 57.3 Å². The molecule has 9 heterocycles. The van der Waals surface area contributed by atoms with Crippen molar-refractivity contribution in [3.8, 4) is 11.4 Å². The number of nitrogens with zero attached hydrogens (tertiary/aromatic N) is 9. The highest BCUT2D eigenvalue weighted by molar-refractivity contribution is 6.31. The van der Waals surface area contributed by atoms with E-state index in [4.69, 9.17) is 27.9 Å². The van der Waals surface area contributed by atoms with E-state index < -0.39 is 0 Å². The number of benzene rings is 3. The van der Waals surface area contributed by atoms with E-state index >= 15 is 0 Å². The van der Waals surface area contributed by atoms with E-state index in [1.165, 1.54) is 16.7 Å². The van der Waals surface area contributed by atoms with Crippen molar-refractivity contribution in [1.82, 2.24) is 59.2 Å². The Bertz CT molecular complexity index is 3890. The van der Waals surface area contributed by atoms with E-state index in [1.54, 1.807) is 39.7 Å². The van der Waals surface area contributed by atoms with Crippen LogP contribution >= 0.6 is 23.2 Å². The molecule has 0 saturated heterocycles.